The Morgan fingerprint density at radius 2 is 2.20 bits per heavy atom. The average molecular weight is 276 g/mol. The molecule has 0 aliphatic heterocycles. The fraction of sp³-hybridized carbons (Fsp3) is 0.154. The van der Waals surface area contributed by atoms with Gasteiger partial charge < -0.3 is 11.1 Å². The van der Waals surface area contributed by atoms with E-state index in [1.807, 2.05) is 0 Å². The minimum atomic E-state index is -0.600. The van der Waals surface area contributed by atoms with Crippen molar-refractivity contribution in [1.82, 2.24) is 9.78 Å². The Morgan fingerprint density at radius 1 is 1.45 bits per heavy atom. The van der Waals surface area contributed by atoms with Gasteiger partial charge >= 0.3 is 0 Å². The molecule has 0 bridgehead atoms. The number of hydrogen-bond acceptors (Lipinski definition) is 4. The molecule has 1 aromatic carbocycles. The fourth-order valence-electron chi connectivity index (χ4n) is 1.61. The van der Waals surface area contributed by atoms with E-state index in [0.717, 1.165) is 10.7 Å². The number of nitrogens with zero attached hydrogens (tertiary/aromatic N) is 2. The molecule has 6 nitrogen and oxygen atoms in total. The summed E-state index contributed by atoms with van der Waals surface area (Å²) in [6, 6.07) is 5.21. The number of benzene rings is 1. The number of carbonyl (C=O) groups is 1. The molecule has 0 atom stereocenters. The molecule has 0 spiro atoms. The Bertz CT molecular complexity index is 712. The SMILES string of the molecule is Cc1cnn(CC(=O)Nc2cc(N)ccc2F)c(=O)c1. The quantitative estimate of drug-likeness (QED) is 0.815. The Balaban J connectivity index is 2.13. The van der Waals surface area contributed by atoms with E-state index in [9.17, 15) is 14.0 Å². The van der Waals surface area contributed by atoms with Crippen molar-refractivity contribution >= 4 is 17.3 Å². The van der Waals surface area contributed by atoms with Gasteiger partial charge in [0.2, 0.25) is 5.91 Å². The Hall–Kier alpha value is -2.70. The summed E-state index contributed by atoms with van der Waals surface area (Å²) in [6.07, 6.45) is 1.47. The first kappa shape index (κ1) is 13.7. The second-order valence-corrected chi connectivity index (χ2v) is 4.32. The van der Waals surface area contributed by atoms with E-state index in [1.54, 1.807) is 6.92 Å². The number of nitrogens with one attached hydrogen (secondary N) is 1. The van der Waals surface area contributed by atoms with Crippen molar-refractivity contribution in [1.29, 1.82) is 0 Å². The standard InChI is InChI=1S/C13H13FN4O2/c1-8-4-13(20)18(16-6-8)7-12(19)17-11-5-9(15)2-3-10(11)14/h2-6H,7,15H2,1H3,(H,17,19). The van der Waals surface area contributed by atoms with Gasteiger partial charge in [-0.25, -0.2) is 9.07 Å². The van der Waals surface area contributed by atoms with E-state index in [2.05, 4.69) is 10.4 Å². The van der Waals surface area contributed by atoms with Crippen LogP contribution in [0.1, 0.15) is 5.56 Å². The smallest absolute Gasteiger partial charge is 0.267 e. The highest BCUT2D eigenvalue weighted by Crippen LogP contribution is 2.17. The fourth-order valence-corrected chi connectivity index (χ4v) is 1.61. The zero-order chi connectivity index (χ0) is 14.7. The molecule has 0 unspecified atom stereocenters. The molecular formula is C13H13FN4O2. The third-order valence-corrected chi connectivity index (χ3v) is 2.56. The molecule has 1 heterocycles. The second kappa shape index (κ2) is 5.52. The lowest BCUT2D eigenvalue weighted by Gasteiger charge is -2.08. The predicted molar refractivity (Wildman–Crippen MR) is 72.7 cm³/mol. The van der Waals surface area contributed by atoms with Gasteiger partial charge in [-0.3, -0.25) is 9.59 Å². The highest BCUT2D eigenvalue weighted by molar-refractivity contribution is 5.91. The number of aromatic nitrogens is 2. The molecule has 0 radical (unpaired) electrons. The van der Waals surface area contributed by atoms with Crippen LogP contribution in [0.15, 0.2) is 35.3 Å². The zero-order valence-electron chi connectivity index (χ0n) is 10.8. The number of carbonyl (C=O) groups excluding carboxylic acids is 1. The van der Waals surface area contributed by atoms with Gasteiger partial charge in [-0.15, -0.1) is 0 Å². The lowest BCUT2D eigenvalue weighted by atomic mass is 10.2. The van der Waals surface area contributed by atoms with E-state index in [1.165, 1.54) is 24.4 Å². The summed E-state index contributed by atoms with van der Waals surface area (Å²) in [6.45, 7) is 1.42. The topological polar surface area (TPSA) is 90.0 Å². The Kier molecular flexibility index (Phi) is 3.79. The Morgan fingerprint density at radius 3 is 2.90 bits per heavy atom. The average Bonchev–Trinajstić information content (AvgIpc) is 2.37. The van der Waals surface area contributed by atoms with Gasteiger partial charge in [0.25, 0.3) is 5.56 Å². The molecule has 0 saturated carbocycles. The second-order valence-electron chi connectivity index (χ2n) is 4.32. The number of hydrogen-bond donors (Lipinski definition) is 2. The minimum absolute atomic E-state index is 0.0323. The normalized spacial score (nSPS) is 10.3. The number of nitrogen functional groups attached to an aromatic ring is 1. The van der Waals surface area contributed by atoms with E-state index < -0.39 is 17.3 Å². The number of rotatable bonds is 3. The van der Waals surface area contributed by atoms with E-state index in [-0.39, 0.29) is 12.2 Å². The van der Waals surface area contributed by atoms with E-state index in [4.69, 9.17) is 5.73 Å². The number of anilines is 2. The van der Waals surface area contributed by atoms with Crippen molar-refractivity contribution < 1.29 is 9.18 Å². The van der Waals surface area contributed by atoms with E-state index >= 15 is 0 Å². The molecule has 1 amide bonds. The number of halogens is 1. The van der Waals surface area contributed by atoms with Gasteiger partial charge in [0.15, 0.2) is 0 Å². The zero-order valence-corrected chi connectivity index (χ0v) is 10.8. The largest absolute Gasteiger partial charge is 0.399 e. The van der Waals surface area contributed by atoms with Gasteiger partial charge in [-0.1, -0.05) is 0 Å². The van der Waals surface area contributed by atoms with Crippen LogP contribution in [-0.2, 0) is 11.3 Å². The van der Waals surface area contributed by atoms with Crippen molar-refractivity contribution in [2.75, 3.05) is 11.1 Å². The summed E-state index contributed by atoms with van der Waals surface area (Å²) in [4.78, 5) is 23.3. The molecule has 1 aromatic heterocycles. The molecular weight excluding hydrogens is 263 g/mol. The lowest BCUT2D eigenvalue weighted by molar-refractivity contribution is -0.117. The summed E-state index contributed by atoms with van der Waals surface area (Å²) in [7, 11) is 0. The van der Waals surface area contributed by atoms with Crippen LogP contribution in [0.25, 0.3) is 0 Å². The first-order chi connectivity index (χ1) is 9.45. The summed E-state index contributed by atoms with van der Waals surface area (Å²) < 4.78 is 14.4. The van der Waals surface area contributed by atoms with Crippen LogP contribution >= 0.6 is 0 Å². The van der Waals surface area contributed by atoms with Gasteiger partial charge in [-0.05, 0) is 30.7 Å². The number of nitrogens with two attached hydrogens (primary N) is 1. The van der Waals surface area contributed by atoms with Crippen LogP contribution in [0.5, 0.6) is 0 Å². The van der Waals surface area contributed by atoms with Crippen molar-refractivity contribution in [2.24, 2.45) is 0 Å². The van der Waals surface area contributed by atoms with Crippen LogP contribution in [0.3, 0.4) is 0 Å². The molecule has 0 aliphatic carbocycles. The van der Waals surface area contributed by atoms with Crippen molar-refractivity contribution in [3.8, 4) is 0 Å². The maximum absolute atomic E-state index is 13.4. The first-order valence-corrected chi connectivity index (χ1v) is 5.84. The molecule has 20 heavy (non-hydrogen) atoms. The van der Waals surface area contributed by atoms with Crippen molar-refractivity contribution in [3.05, 3.63) is 52.2 Å². The molecule has 3 N–H and O–H groups in total. The van der Waals surface area contributed by atoms with Gasteiger partial charge in [-0.2, -0.15) is 5.10 Å². The summed E-state index contributed by atoms with van der Waals surface area (Å²) >= 11 is 0. The highest BCUT2D eigenvalue weighted by Gasteiger charge is 2.09. The van der Waals surface area contributed by atoms with Crippen LogP contribution in [-0.4, -0.2) is 15.7 Å². The predicted octanol–water partition coefficient (Wildman–Crippen LogP) is 0.912. The molecule has 0 aliphatic rings. The first-order valence-electron chi connectivity index (χ1n) is 5.84. The van der Waals surface area contributed by atoms with Crippen LogP contribution in [0.2, 0.25) is 0 Å². The van der Waals surface area contributed by atoms with Crippen LogP contribution in [0.4, 0.5) is 15.8 Å². The van der Waals surface area contributed by atoms with Crippen LogP contribution < -0.4 is 16.6 Å². The molecule has 0 fully saturated rings. The molecule has 2 rings (SSSR count). The van der Waals surface area contributed by atoms with E-state index in [0.29, 0.717) is 11.3 Å². The van der Waals surface area contributed by atoms with Gasteiger partial charge in [0.1, 0.15) is 12.4 Å². The third-order valence-electron chi connectivity index (χ3n) is 2.56. The monoisotopic (exact) mass is 276 g/mol. The van der Waals surface area contributed by atoms with Crippen molar-refractivity contribution in [3.63, 3.8) is 0 Å². The molecule has 104 valence electrons. The molecule has 7 heteroatoms. The lowest BCUT2D eigenvalue weighted by Crippen LogP contribution is -2.29. The number of amides is 1. The van der Waals surface area contributed by atoms with Gasteiger partial charge in [0.05, 0.1) is 11.9 Å². The van der Waals surface area contributed by atoms with Crippen molar-refractivity contribution in [2.45, 2.75) is 13.5 Å². The molecule has 0 saturated heterocycles. The van der Waals surface area contributed by atoms with Crippen LogP contribution in [0, 0.1) is 12.7 Å². The summed E-state index contributed by atoms with van der Waals surface area (Å²) in [5, 5.41) is 6.17. The minimum Gasteiger partial charge on any atom is -0.399 e. The maximum Gasteiger partial charge on any atom is 0.267 e. The molecule has 2 aromatic rings. The maximum atomic E-state index is 13.4. The Labute approximate surface area is 114 Å². The third kappa shape index (κ3) is 3.19. The highest BCUT2D eigenvalue weighted by atomic mass is 19.1. The number of aryl methyl sites for hydroxylation is 1. The summed E-state index contributed by atoms with van der Waals surface area (Å²) in [5.41, 5.74) is 6.11. The summed E-state index contributed by atoms with van der Waals surface area (Å²) in [5.74, 6) is -1.16. The van der Waals surface area contributed by atoms with Gasteiger partial charge in [0, 0.05) is 11.8 Å².